The summed E-state index contributed by atoms with van der Waals surface area (Å²) in [5.74, 6) is 0. The van der Waals surface area contributed by atoms with Crippen LogP contribution in [0.3, 0.4) is 0 Å². The van der Waals surface area contributed by atoms with Crippen molar-refractivity contribution in [1.82, 2.24) is 0 Å². The second kappa shape index (κ2) is 5.71. The zero-order chi connectivity index (χ0) is 13.9. The van der Waals surface area contributed by atoms with Gasteiger partial charge in [-0.15, -0.1) is 0 Å². The van der Waals surface area contributed by atoms with E-state index in [0.29, 0.717) is 0 Å². The molecule has 1 aromatic carbocycles. The first-order chi connectivity index (χ1) is 8.33. The summed E-state index contributed by atoms with van der Waals surface area (Å²) in [7, 11) is 0. The first-order valence-electron chi connectivity index (χ1n) is 4.96. The number of nitro benzene ring substituents is 1. The Morgan fingerprint density at radius 3 is 2.11 bits per heavy atom. The highest BCUT2D eigenvalue weighted by atomic mass is 35.5. The molecule has 0 aromatic heterocycles. The first-order valence-corrected chi connectivity index (χ1v) is 5.72. The smallest absolute Gasteiger partial charge is 0.272 e. The zero-order valence-electron chi connectivity index (χ0n) is 9.48. The molecular weight excluding hydrogens is 283 g/mol. The molecule has 0 spiro atoms. The topological polar surface area (TPSA) is 95.6 Å². The van der Waals surface area contributed by atoms with Crippen LogP contribution in [0.2, 0.25) is 10.0 Å². The number of non-ortho nitro benzene ring substituents is 1. The molecule has 0 amide bonds. The number of hydrogen-bond donors (Lipinski definition) is 3. The molecule has 0 aliphatic carbocycles. The Morgan fingerprint density at radius 2 is 1.78 bits per heavy atom. The molecular formula is C10H12Cl2N2O4. The summed E-state index contributed by atoms with van der Waals surface area (Å²) < 4.78 is 0. The predicted molar refractivity (Wildman–Crippen MR) is 69.3 cm³/mol. The quantitative estimate of drug-likeness (QED) is 0.571. The van der Waals surface area contributed by atoms with Gasteiger partial charge in [-0.05, 0) is 6.92 Å². The monoisotopic (exact) mass is 294 g/mol. The molecule has 0 atom stereocenters. The van der Waals surface area contributed by atoms with E-state index in [1.165, 1.54) is 0 Å². The molecule has 18 heavy (non-hydrogen) atoms. The van der Waals surface area contributed by atoms with Crippen LogP contribution in [0.5, 0.6) is 0 Å². The fraction of sp³-hybridized carbons (Fsp3) is 0.400. The second-order valence-corrected chi connectivity index (χ2v) is 4.86. The number of nitrogens with one attached hydrogen (secondary N) is 1. The van der Waals surface area contributed by atoms with Crippen molar-refractivity contribution in [2.75, 3.05) is 18.5 Å². The van der Waals surface area contributed by atoms with Gasteiger partial charge < -0.3 is 15.5 Å². The summed E-state index contributed by atoms with van der Waals surface area (Å²) in [6.07, 6.45) is 0. The van der Waals surface area contributed by atoms with Crippen LogP contribution >= 0.6 is 23.2 Å². The van der Waals surface area contributed by atoms with Gasteiger partial charge in [0.2, 0.25) is 0 Å². The van der Waals surface area contributed by atoms with Gasteiger partial charge in [0.05, 0.1) is 39.4 Å². The highest BCUT2D eigenvalue weighted by Gasteiger charge is 2.25. The van der Waals surface area contributed by atoms with E-state index in [-0.39, 0.29) is 34.6 Å². The summed E-state index contributed by atoms with van der Waals surface area (Å²) >= 11 is 11.8. The van der Waals surface area contributed by atoms with Crippen LogP contribution in [0.25, 0.3) is 0 Å². The molecule has 0 bridgehead atoms. The Bertz CT molecular complexity index is 440. The fourth-order valence-electron chi connectivity index (χ4n) is 1.22. The minimum absolute atomic E-state index is 0.0438. The zero-order valence-corrected chi connectivity index (χ0v) is 11.0. The summed E-state index contributed by atoms with van der Waals surface area (Å²) in [6.45, 7) is 0.849. The highest BCUT2D eigenvalue weighted by Crippen LogP contribution is 2.36. The molecule has 0 fully saturated rings. The molecule has 3 N–H and O–H groups in total. The lowest BCUT2D eigenvalue weighted by Crippen LogP contribution is -2.42. The summed E-state index contributed by atoms with van der Waals surface area (Å²) in [5, 5.41) is 31.8. The van der Waals surface area contributed by atoms with E-state index in [0.717, 1.165) is 12.1 Å². The third-order valence-electron chi connectivity index (χ3n) is 2.36. The molecule has 0 aliphatic rings. The predicted octanol–water partition coefficient (Wildman–Crippen LogP) is 2.06. The number of anilines is 1. The molecule has 100 valence electrons. The first kappa shape index (κ1) is 15.0. The van der Waals surface area contributed by atoms with Crippen LogP contribution < -0.4 is 5.32 Å². The van der Waals surface area contributed by atoms with Gasteiger partial charge in [-0.25, -0.2) is 0 Å². The van der Waals surface area contributed by atoms with Gasteiger partial charge >= 0.3 is 0 Å². The number of nitro groups is 1. The van der Waals surface area contributed by atoms with Gasteiger partial charge in [-0.3, -0.25) is 10.1 Å². The molecule has 8 heteroatoms. The second-order valence-electron chi connectivity index (χ2n) is 4.04. The van der Waals surface area contributed by atoms with Crippen molar-refractivity contribution < 1.29 is 15.1 Å². The molecule has 6 nitrogen and oxygen atoms in total. The summed E-state index contributed by atoms with van der Waals surface area (Å²) in [4.78, 5) is 9.99. The van der Waals surface area contributed by atoms with E-state index in [1.54, 1.807) is 6.92 Å². The third kappa shape index (κ3) is 3.23. The number of aliphatic hydroxyl groups is 2. The molecule has 1 rings (SSSR count). The largest absolute Gasteiger partial charge is 0.394 e. The minimum atomic E-state index is -1.02. The number of benzene rings is 1. The number of hydrogen-bond acceptors (Lipinski definition) is 5. The Balaban J connectivity index is 3.15. The van der Waals surface area contributed by atoms with E-state index in [1.807, 2.05) is 0 Å². The standard InChI is InChI=1S/C10H12Cl2N2O4/c1-10(4-15,5-16)13-9-7(11)2-6(14(17)18)3-8(9)12/h2-3,13,15-16H,4-5H2,1H3. The van der Waals surface area contributed by atoms with E-state index in [4.69, 9.17) is 33.4 Å². The SMILES string of the molecule is CC(CO)(CO)Nc1c(Cl)cc([N+](=O)[O-])cc1Cl. The van der Waals surface area contributed by atoms with E-state index in [2.05, 4.69) is 5.32 Å². The number of halogens is 2. The van der Waals surface area contributed by atoms with Crippen molar-refractivity contribution in [1.29, 1.82) is 0 Å². The average Bonchev–Trinajstić information content (AvgIpc) is 2.33. The van der Waals surface area contributed by atoms with Gasteiger partial charge in [-0.1, -0.05) is 23.2 Å². The average molecular weight is 295 g/mol. The van der Waals surface area contributed by atoms with Crippen LogP contribution in [-0.4, -0.2) is 33.9 Å². The number of rotatable bonds is 5. The molecule has 0 saturated carbocycles. The normalized spacial score (nSPS) is 11.4. The van der Waals surface area contributed by atoms with Gasteiger partial charge in [-0.2, -0.15) is 0 Å². The maximum atomic E-state index is 10.6. The van der Waals surface area contributed by atoms with Crippen LogP contribution in [0.4, 0.5) is 11.4 Å². The van der Waals surface area contributed by atoms with Crippen LogP contribution in [0, 0.1) is 10.1 Å². The van der Waals surface area contributed by atoms with Crippen molar-refractivity contribution in [3.05, 3.63) is 32.3 Å². The lowest BCUT2D eigenvalue weighted by atomic mass is 10.0. The van der Waals surface area contributed by atoms with Crippen LogP contribution in [0.1, 0.15) is 6.92 Å². The Labute approximate surface area is 113 Å². The Hall–Kier alpha value is -1.08. The van der Waals surface area contributed by atoms with Crippen molar-refractivity contribution in [3.63, 3.8) is 0 Å². The maximum absolute atomic E-state index is 10.6. The molecule has 0 aliphatic heterocycles. The van der Waals surface area contributed by atoms with E-state index < -0.39 is 10.5 Å². The Morgan fingerprint density at radius 1 is 1.33 bits per heavy atom. The minimum Gasteiger partial charge on any atom is -0.394 e. The van der Waals surface area contributed by atoms with Crippen LogP contribution in [-0.2, 0) is 0 Å². The molecule has 0 saturated heterocycles. The highest BCUT2D eigenvalue weighted by molar-refractivity contribution is 6.39. The lowest BCUT2D eigenvalue weighted by molar-refractivity contribution is -0.384. The number of nitrogens with zero attached hydrogens (tertiary/aromatic N) is 1. The third-order valence-corrected chi connectivity index (χ3v) is 2.96. The molecule has 0 heterocycles. The maximum Gasteiger partial charge on any atom is 0.272 e. The fourth-order valence-corrected chi connectivity index (χ4v) is 1.79. The van der Waals surface area contributed by atoms with Gasteiger partial charge in [0, 0.05) is 12.1 Å². The van der Waals surface area contributed by atoms with Gasteiger partial charge in [0.1, 0.15) is 0 Å². The van der Waals surface area contributed by atoms with E-state index >= 15 is 0 Å². The number of aliphatic hydroxyl groups excluding tert-OH is 2. The van der Waals surface area contributed by atoms with Gasteiger partial charge in [0.15, 0.2) is 0 Å². The lowest BCUT2D eigenvalue weighted by Gasteiger charge is -2.28. The molecule has 1 aromatic rings. The Kier molecular flexibility index (Phi) is 4.75. The molecule has 0 radical (unpaired) electrons. The van der Waals surface area contributed by atoms with Crippen molar-refractivity contribution in [2.24, 2.45) is 0 Å². The van der Waals surface area contributed by atoms with Crippen molar-refractivity contribution in [2.45, 2.75) is 12.5 Å². The van der Waals surface area contributed by atoms with Gasteiger partial charge in [0.25, 0.3) is 5.69 Å². The van der Waals surface area contributed by atoms with Crippen LogP contribution in [0.15, 0.2) is 12.1 Å². The molecule has 0 unspecified atom stereocenters. The van der Waals surface area contributed by atoms with Crippen molar-refractivity contribution in [3.8, 4) is 0 Å². The van der Waals surface area contributed by atoms with E-state index in [9.17, 15) is 10.1 Å². The summed E-state index contributed by atoms with van der Waals surface area (Å²) in [6, 6.07) is 2.29. The van der Waals surface area contributed by atoms with Crippen molar-refractivity contribution >= 4 is 34.6 Å². The summed E-state index contributed by atoms with van der Waals surface area (Å²) in [5.41, 5.74) is -1.02.